The van der Waals surface area contributed by atoms with Crippen molar-refractivity contribution in [2.24, 2.45) is 0 Å². The highest BCUT2D eigenvalue weighted by atomic mass is 32.2. The van der Waals surface area contributed by atoms with Crippen LogP contribution < -0.4 is 4.90 Å². The number of anilines is 1. The van der Waals surface area contributed by atoms with Crippen LogP contribution in [-0.2, 0) is 17.6 Å². The molecule has 1 amide bonds. The monoisotopic (exact) mass is 387 g/mol. The molecule has 2 aliphatic rings. The second kappa shape index (κ2) is 7.48. The molecule has 2 aromatic rings. The highest BCUT2D eigenvalue weighted by molar-refractivity contribution is 8.01. The Hall–Kier alpha value is -1.73. The molecule has 26 heavy (non-hydrogen) atoms. The van der Waals surface area contributed by atoms with Gasteiger partial charge < -0.3 is 0 Å². The number of rotatable bonds is 6. The van der Waals surface area contributed by atoms with Crippen LogP contribution in [-0.4, -0.2) is 33.7 Å². The first kappa shape index (κ1) is 17.7. The predicted octanol–water partition coefficient (Wildman–Crippen LogP) is 3.91. The van der Waals surface area contributed by atoms with Gasteiger partial charge >= 0.3 is 0 Å². The molecule has 136 valence electrons. The van der Waals surface area contributed by atoms with E-state index in [0.717, 1.165) is 35.6 Å². The number of ketones is 1. The number of hydrogen-bond donors (Lipinski definition) is 0. The Labute approximate surface area is 161 Å². The van der Waals surface area contributed by atoms with Gasteiger partial charge in [0.15, 0.2) is 10.1 Å². The second-order valence-electron chi connectivity index (χ2n) is 6.87. The number of Topliss-reactive ketones (excluding diaryl/α,β-unsaturated/α-hetero) is 1. The molecule has 0 unspecified atom stereocenters. The number of nitrogens with zero attached hydrogens (tertiary/aromatic N) is 3. The minimum absolute atomic E-state index is 0.00494. The molecule has 0 saturated heterocycles. The fourth-order valence-electron chi connectivity index (χ4n) is 3.36. The first-order chi connectivity index (χ1) is 12.6. The van der Waals surface area contributed by atoms with E-state index in [2.05, 4.69) is 22.3 Å². The number of thioether (sulfide) groups is 1. The molecule has 0 aliphatic heterocycles. The van der Waals surface area contributed by atoms with Gasteiger partial charge in [0.2, 0.25) is 11.0 Å². The zero-order valence-corrected chi connectivity index (χ0v) is 16.4. The molecule has 4 rings (SSSR count). The molecule has 0 spiro atoms. The first-order valence-corrected chi connectivity index (χ1v) is 10.8. The van der Waals surface area contributed by atoms with Crippen LogP contribution in [0.15, 0.2) is 22.5 Å². The highest BCUT2D eigenvalue weighted by Gasteiger charge is 2.34. The Balaban J connectivity index is 1.39. The summed E-state index contributed by atoms with van der Waals surface area (Å²) in [7, 11) is 0. The minimum atomic E-state index is 0.00494. The summed E-state index contributed by atoms with van der Waals surface area (Å²) in [5.74, 6) is 0.466. The molecular formula is C19H21N3O2S2. The van der Waals surface area contributed by atoms with E-state index < -0.39 is 0 Å². The van der Waals surface area contributed by atoms with E-state index in [4.69, 9.17) is 0 Å². The number of carbonyl (C=O) groups excluding carboxylic acids is 2. The lowest BCUT2D eigenvalue weighted by Crippen LogP contribution is -2.30. The van der Waals surface area contributed by atoms with E-state index >= 15 is 0 Å². The molecule has 2 aliphatic carbocycles. The van der Waals surface area contributed by atoms with Gasteiger partial charge in [0.1, 0.15) is 0 Å². The Kier molecular flexibility index (Phi) is 5.09. The zero-order valence-electron chi connectivity index (χ0n) is 14.7. The minimum Gasteiger partial charge on any atom is -0.293 e. The number of aromatic nitrogens is 2. The van der Waals surface area contributed by atoms with Gasteiger partial charge in [-0.05, 0) is 55.7 Å². The Morgan fingerprint density at radius 2 is 1.96 bits per heavy atom. The van der Waals surface area contributed by atoms with Crippen molar-refractivity contribution in [1.29, 1.82) is 0 Å². The summed E-state index contributed by atoms with van der Waals surface area (Å²) in [6.07, 6.45) is 6.70. The summed E-state index contributed by atoms with van der Waals surface area (Å²) in [6.45, 7) is 1.56. The number of aryl methyl sites for hydroxylation is 2. The van der Waals surface area contributed by atoms with Gasteiger partial charge in [-0.25, -0.2) is 0 Å². The summed E-state index contributed by atoms with van der Waals surface area (Å²) < 4.78 is 0.734. The molecule has 7 heteroatoms. The van der Waals surface area contributed by atoms with Crippen molar-refractivity contribution in [2.75, 3.05) is 10.7 Å². The number of hydrogen-bond acceptors (Lipinski definition) is 6. The maximum absolute atomic E-state index is 12.5. The van der Waals surface area contributed by atoms with Gasteiger partial charge in [0.05, 0.1) is 5.75 Å². The van der Waals surface area contributed by atoms with Crippen LogP contribution >= 0.6 is 23.1 Å². The van der Waals surface area contributed by atoms with Gasteiger partial charge in [0.25, 0.3) is 0 Å². The van der Waals surface area contributed by atoms with Crippen molar-refractivity contribution in [3.05, 3.63) is 34.9 Å². The second-order valence-corrected chi connectivity index (χ2v) is 9.05. The van der Waals surface area contributed by atoms with Gasteiger partial charge in [-0.2, -0.15) is 0 Å². The standard InChI is InChI=1S/C19H21N3O2S2/c1-12(23)22(16-8-9-16)18-20-21-19(26-18)25-11-17(24)15-7-6-13-4-2-3-5-14(13)10-15/h6-7,10,16H,2-5,8-9,11H2,1H3. The molecule has 0 atom stereocenters. The van der Waals surface area contributed by atoms with E-state index in [0.29, 0.717) is 10.9 Å². The van der Waals surface area contributed by atoms with Gasteiger partial charge in [-0.15, -0.1) is 10.2 Å². The normalized spacial score (nSPS) is 16.2. The van der Waals surface area contributed by atoms with Crippen molar-refractivity contribution in [3.8, 4) is 0 Å². The smallest absolute Gasteiger partial charge is 0.225 e. The largest absolute Gasteiger partial charge is 0.293 e. The Morgan fingerprint density at radius 3 is 2.69 bits per heavy atom. The van der Waals surface area contributed by atoms with E-state index in [1.807, 2.05) is 6.07 Å². The topological polar surface area (TPSA) is 63.2 Å². The average Bonchev–Trinajstić information content (AvgIpc) is 3.36. The van der Waals surface area contributed by atoms with Crippen molar-refractivity contribution < 1.29 is 9.59 Å². The molecule has 1 aromatic heterocycles. The molecule has 0 N–H and O–H groups in total. The Morgan fingerprint density at radius 1 is 1.19 bits per heavy atom. The maximum Gasteiger partial charge on any atom is 0.225 e. The molecule has 1 aromatic carbocycles. The molecule has 1 saturated carbocycles. The zero-order chi connectivity index (χ0) is 18.1. The predicted molar refractivity (Wildman–Crippen MR) is 104 cm³/mol. The SMILES string of the molecule is CC(=O)N(c1nnc(SCC(=O)c2ccc3c(c2)CCCC3)s1)C1CC1. The molecule has 1 heterocycles. The fraction of sp³-hybridized carbons (Fsp3) is 0.474. The van der Waals surface area contributed by atoms with Gasteiger partial charge in [-0.3, -0.25) is 14.5 Å². The number of benzene rings is 1. The molecule has 0 radical (unpaired) electrons. The molecule has 1 fully saturated rings. The fourth-order valence-corrected chi connectivity index (χ4v) is 5.21. The highest BCUT2D eigenvalue weighted by Crippen LogP contribution is 2.36. The summed E-state index contributed by atoms with van der Waals surface area (Å²) >= 11 is 2.79. The number of amides is 1. The van der Waals surface area contributed by atoms with Crippen LogP contribution in [0.1, 0.15) is 54.1 Å². The average molecular weight is 388 g/mol. The lowest BCUT2D eigenvalue weighted by Gasteiger charge is -2.16. The lowest BCUT2D eigenvalue weighted by molar-refractivity contribution is -0.116. The van der Waals surface area contributed by atoms with E-state index in [9.17, 15) is 9.59 Å². The van der Waals surface area contributed by atoms with Crippen molar-refractivity contribution in [3.63, 3.8) is 0 Å². The van der Waals surface area contributed by atoms with E-state index in [1.165, 1.54) is 47.1 Å². The van der Waals surface area contributed by atoms with E-state index in [-0.39, 0.29) is 17.7 Å². The third-order valence-corrected chi connectivity index (χ3v) is 6.91. The van der Waals surface area contributed by atoms with Crippen LogP contribution in [0.4, 0.5) is 5.13 Å². The Bertz CT molecular complexity index is 845. The first-order valence-electron chi connectivity index (χ1n) is 9.03. The van der Waals surface area contributed by atoms with Crippen LogP contribution in [0.2, 0.25) is 0 Å². The van der Waals surface area contributed by atoms with Gasteiger partial charge in [0, 0.05) is 18.5 Å². The summed E-state index contributed by atoms with van der Waals surface area (Å²) in [5.41, 5.74) is 3.50. The molecule has 5 nitrogen and oxygen atoms in total. The summed E-state index contributed by atoms with van der Waals surface area (Å²) in [5, 5.41) is 8.94. The van der Waals surface area contributed by atoms with Crippen LogP contribution in [0.25, 0.3) is 0 Å². The molecular weight excluding hydrogens is 366 g/mol. The van der Waals surface area contributed by atoms with E-state index in [1.54, 1.807) is 11.8 Å². The summed E-state index contributed by atoms with van der Waals surface area (Å²) in [4.78, 5) is 26.1. The quantitative estimate of drug-likeness (QED) is 0.427. The summed E-state index contributed by atoms with van der Waals surface area (Å²) in [6, 6.07) is 6.39. The van der Waals surface area contributed by atoms with Crippen molar-refractivity contribution >= 4 is 39.9 Å². The van der Waals surface area contributed by atoms with Crippen LogP contribution in [0.5, 0.6) is 0 Å². The lowest BCUT2D eigenvalue weighted by atomic mass is 9.90. The third-order valence-electron chi connectivity index (χ3n) is 4.85. The number of fused-ring (bicyclic) bond motifs is 1. The van der Waals surface area contributed by atoms with Crippen molar-refractivity contribution in [1.82, 2.24) is 10.2 Å². The van der Waals surface area contributed by atoms with Crippen LogP contribution in [0, 0.1) is 0 Å². The molecule has 0 bridgehead atoms. The van der Waals surface area contributed by atoms with Crippen molar-refractivity contribution in [2.45, 2.75) is 55.8 Å². The van der Waals surface area contributed by atoms with Crippen LogP contribution in [0.3, 0.4) is 0 Å². The number of carbonyl (C=O) groups is 2. The van der Waals surface area contributed by atoms with Gasteiger partial charge in [-0.1, -0.05) is 35.2 Å². The third kappa shape index (κ3) is 3.83. The maximum atomic E-state index is 12.5.